The van der Waals surface area contributed by atoms with Crippen LogP contribution in [0, 0.1) is 0 Å². The first kappa shape index (κ1) is 20.6. The molecule has 1 aliphatic heterocycles. The number of nitrogens with one attached hydrogen (secondary N) is 1. The molecule has 0 radical (unpaired) electrons. The van der Waals surface area contributed by atoms with E-state index in [1.54, 1.807) is 22.5 Å². The maximum Gasteiger partial charge on any atom is 0.243 e. The maximum absolute atomic E-state index is 13.2. The second kappa shape index (κ2) is 8.62. The number of ether oxygens (including phenoxy) is 1. The van der Waals surface area contributed by atoms with Crippen LogP contribution in [0.3, 0.4) is 0 Å². The molecule has 0 atom stereocenters. The number of para-hydroxylation sites is 1. The van der Waals surface area contributed by atoms with Crippen LogP contribution < -0.4 is 4.74 Å². The Labute approximate surface area is 176 Å². The minimum atomic E-state index is -3.60. The Balaban J connectivity index is 1.82. The van der Waals surface area contributed by atoms with Crippen molar-refractivity contribution < 1.29 is 17.9 Å². The van der Waals surface area contributed by atoms with Gasteiger partial charge < -0.3 is 9.72 Å². The third kappa shape index (κ3) is 3.75. The summed E-state index contributed by atoms with van der Waals surface area (Å²) in [5.41, 5.74) is 2.56. The van der Waals surface area contributed by atoms with Gasteiger partial charge in [0.2, 0.25) is 10.0 Å². The highest BCUT2D eigenvalue weighted by molar-refractivity contribution is 7.89. The van der Waals surface area contributed by atoms with E-state index in [0.29, 0.717) is 47.6 Å². The predicted molar refractivity (Wildman–Crippen MR) is 118 cm³/mol. The number of hydrogen-bond acceptors (Lipinski definition) is 4. The lowest BCUT2D eigenvalue weighted by atomic mass is 10.1. The van der Waals surface area contributed by atoms with E-state index in [1.807, 2.05) is 31.2 Å². The van der Waals surface area contributed by atoms with E-state index in [2.05, 4.69) is 4.98 Å². The Morgan fingerprint density at radius 1 is 1.07 bits per heavy atom. The van der Waals surface area contributed by atoms with Gasteiger partial charge in [-0.15, -0.1) is 0 Å². The van der Waals surface area contributed by atoms with Crippen molar-refractivity contribution in [1.29, 1.82) is 0 Å². The number of nitrogens with zero attached hydrogens (tertiary/aromatic N) is 1. The SMILES string of the molecule is CCOc1ccccc1-c1[nH]c2ccc(S(=O)(=O)N3CCCCCC3)cc2c1C=O. The minimum Gasteiger partial charge on any atom is -0.493 e. The van der Waals surface area contributed by atoms with Gasteiger partial charge in [0.15, 0.2) is 6.29 Å². The van der Waals surface area contributed by atoms with E-state index in [9.17, 15) is 13.2 Å². The molecule has 6 nitrogen and oxygen atoms in total. The molecule has 1 saturated heterocycles. The van der Waals surface area contributed by atoms with E-state index >= 15 is 0 Å². The van der Waals surface area contributed by atoms with Crippen molar-refractivity contribution in [3.05, 3.63) is 48.0 Å². The maximum atomic E-state index is 13.2. The number of carbonyl (C=O) groups is 1. The van der Waals surface area contributed by atoms with Crippen LogP contribution in [0.2, 0.25) is 0 Å². The molecule has 7 heteroatoms. The molecule has 30 heavy (non-hydrogen) atoms. The number of aromatic nitrogens is 1. The van der Waals surface area contributed by atoms with Crippen molar-refractivity contribution in [2.45, 2.75) is 37.5 Å². The number of hydrogen-bond donors (Lipinski definition) is 1. The van der Waals surface area contributed by atoms with Crippen LogP contribution in [-0.4, -0.2) is 43.7 Å². The first-order valence-electron chi connectivity index (χ1n) is 10.4. The summed E-state index contributed by atoms with van der Waals surface area (Å²) in [6, 6.07) is 12.5. The lowest BCUT2D eigenvalue weighted by molar-refractivity contribution is 0.112. The molecular weight excluding hydrogens is 400 g/mol. The summed E-state index contributed by atoms with van der Waals surface area (Å²) in [5, 5.41) is 0.599. The predicted octanol–water partition coefficient (Wildman–Crippen LogP) is 4.61. The monoisotopic (exact) mass is 426 g/mol. The number of benzene rings is 2. The van der Waals surface area contributed by atoms with Crippen LogP contribution in [0.25, 0.3) is 22.2 Å². The lowest BCUT2D eigenvalue weighted by Crippen LogP contribution is -2.31. The van der Waals surface area contributed by atoms with Crippen molar-refractivity contribution in [3.63, 3.8) is 0 Å². The van der Waals surface area contributed by atoms with Crippen LogP contribution in [0.4, 0.5) is 0 Å². The normalized spacial score (nSPS) is 15.8. The number of aldehydes is 1. The molecule has 1 N–H and O–H groups in total. The van der Waals surface area contributed by atoms with Gasteiger partial charge in [-0.3, -0.25) is 4.79 Å². The van der Waals surface area contributed by atoms with E-state index < -0.39 is 10.0 Å². The molecule has 0 aliphatic carbocycles. The molecule has 0 bridgehead atoms. The fourth-order valence-electron chi connectivity index (χ4n) is 4.07. The number of carbonyl (C=O) groups excluding carboxylic acids is 1. The molecular formula is C23H26N2O4S. The van der Waals surface area contributed by atoms with E-state index in [0.717, 1.165) is 37.5 Å². The average Bonchev–Trinajstić information content (AvgIpc) is 2.90. The Morgan fingerprint density at radius 2 is 1.80 bits per heavy atom. The highest BCUT2D eigenvalue weighted by Gasteiger charge is 2.26. The second-order valence-corrected chi connectivity index (χ2v) is 9.42. The van der Waals surface area contributed by atoms with Crippen molar-refractivity contribution in [1.82, 2.24) is 9.29 Å². The van der Waals surface area contributed by atoms with E-state index in [4.69, 9.17) is 4.74 Å². The van der Waals surface area contributed by atoms with Crippen molar-refractivity contribution in [2.75, 3.05) is 19.7 Å². The topological polar surface area (TPSA) is 79.5 Å². The van der Waals surface area contributed by atoms with Gasteiger partial charge >= 0.3 is 0 Å². The second-order valence-electron chi connectivity index (χ2n) is 7.49. The van der Waals surface area contributed by atoms with Gasteiger partial charge in [-0.05, 0) is 50.1 Å². The minimum absolute atomic E-state index is 0.226. The quantitative estimate of drug-likeness (QED) is 0.584. The summed E-state index contributed by atoms with van der Waals surface area (Å²) < 4.78 is 33.7. The van der Waals surface area contributed by atoms with Crippen molar-refractivity contribution >= 4 is 27.2 Å². The number of aromatic amines is 1. The van der Waals surface area contributed by atoms with Gasteiger partial charge in [-0.2, -0.15) is 4.31 Å². The Bertz CT molecular complexity index is 1160. The Hall–Kier alpha value is -2.64. The number of rotatable bonds is 6. The zero-order valence-corrected chi connectivity index (χ0v) is 17.9. The van der Waals surface area contributed by atoms with Crippen LogP contribution in [0.15, 0.2) is 47.4 Å². The largest absolute Gasteiger partial charge is 0.493 e. The Morgan fingerprint density at radius 3 is 2.50 bits per heavy atom. The number of sulfonamides is 1. The smallest absolute Gasteiger partial charge is 0.243 e. The Kier molecular flexibility index (Phi) is 5.92. The lowest BCUT2D eigenvalue weighted by Gasteiger charge is -2.20. The summed E-state index contributed by atoms with van der Waals surface area (Å²) in [6.45, 7) is 3.50. The third-order valence-electron chi connectivity index (χ3n) is 5.59. The molecule has 3 aromatic rings. The molecule has 0 amide bonds. The summed E-state index contributed by atoms with van der Waals surface area (Å²) in [6.07, 6.45) is 4.65. The first-order chi connectivity index (χ1) is 14.6. The summed E-state index contributed by atoms with van der Waals surface area (Å²) in [4.78, 5) is 15.5. The summed E-state index contributed by atoms with van der Waals surface area (Å²) >= 11 is 0. The fourth-order valence-corrected chi connectivity index (χ4v) is 5.62. The van der Waals surface area contributed by atoms with E-state index in [1.165, 1.54) is 0 Å². The van der Waals surface area contributed by atoms with Gasteiger partial charge in [0.25, 0.3) is 0 Å². The van der Waals surface area contributed by atoms with Gasteiger partial charge in [-0.25, -0.2) is 8.42 Å². The van der Waals surface area contributed by atoms with Crippen LogP contribution in [0.5, 0.6) is 5.75 Å². The zero-order valence-electron chi connectivity index (χ0n) is 17.1. The molecule has 2 aromatic carbocycles. The molecule has 158 valence electrons. The number of fused-ring (bicyclic) bond motifs is 1. The molecule has 1 fully saturated rings. The standard InChI is InChI=1S/C23H26N2O4S/c1-2-29-22-10-6-5-9-18(22)23-20(16-26)19-15-17(11-12-21(19)24-23)30(27,28)25-13-7-3-4-8-14-25/h5-6,9-12,15-16,24H,2-4,7-8,13-14H2,1H3. The molecule has 0 spiro atoms. The van der Waals surface area contributed by atoms with Crippen LogP contribution in [0.1, 0.15) is 43.0 Å². The van der Waals surface area contributed by atoms with Crippen molar-refractivity contribution in [3.8, 4) is 17.0 Å². The van der Waals surface area contributed by atoms with Gasteiger partial charge in [0.1, 0.15) is 5.75 Å². The first-order valence-corrected chi connectivity index (χ1v) is 11.8. The fraction of sp³-hybridized carbons (Fsp3) is 0.348. The molecule has 1 aliphatic rings. The van der Waals surface area contributed by atoms with Crippen molar-refractivity contribution in [2.24, 2.45) is 0 Å². The highest BCUT2D eigenvalue weighted by atomic mass is 32.2. The molecule has 1 aromatic heterocycles. The third-order valence-corrected chi connectivity index (χ3v) is 7.48. The summed E-state index contributed by atoms with van der Waals surface area (Å²) in [7, 11) is -3.60. The molecule has 0 saturated carbocycles. The van der Waals surface area contributed by atoms with E-state index in [-0.39, 0.29) is 4.90 Å². The summed E-state index contributed by atoms with van der Waals surface area (Å²) in [5.74, 6) is 0.673. The van der Waals surface area contributed by atoms with Crippen LogP contribution >= 0.6 is 0 Å². The molecule has 2 heterocycles. The zero-order chi connectivity index (χ0) is 21.1. The van der Waals surface area contributed by atoms with Gasteiger partial charge in [0.05, 0.1) is 17.2 Å². The van der Waals surface area contributed by atoms with Gasteiger partial charge in [-0.1, -0.05) is 25.0 Å². The highest BCUT2D eigenvalue weighted by Crippen LogP contribution is 2.36. The molecule has 4 rings (SSSR count). The van der Waals surface area contributed by atoms with Crippen LogP contribution in [-0.2, 0) is 10.0 Å². The molecule has 0 unspecified atom stereocenters. The van der Waals surface area contributed by atoms with Gasteiger partial charge in [0, 0.05) is 35.1 Å². The number of H-pyrrole nitrogens is 1. The average molecular weight is 427 g/mol.